The van der Waals surface area contributed by atoms with Crippen LogP contribution in [0.3, 0.4) is 0 Å². The van der Waals surface area contributed by atoms with E-state index in [4.69, 9.17) is 4.74 Å². The second kappa shape index (κ2) is 8.71. The first-order valence-electron chi connectivity index (χ1n) is 10.5. The maximum atomic E-state index is 12.5. The monoisotopic (exact) mass is 419 g/mol. The molecule has 0 fully saturated rings. The number of esters is 1. The number of aryl methyl sites for hydroxylation is 3. The predicted molar refractivity (Wildman–Crippen MR) is 117 cm³/mol. The molecule has 2 aromatic carbocycles. The lowest BCUT2D eigenvalue weighted by Crippen LogP contribution is -2.34. The summed E-state index contributed by atoms with van der Waals surface area (Å²) in [4.78, 5) is 41.4. The molecular formula is C24H25N3O4. The Morgan fingerprint density at radius 3 is 2.84 bits per heavy atom. The molecule has 1 aliphatic rings. The van der Waals surface area contributed by atoms with E-state index in [1.165, 1.54) is 5.56 Å². The minimum absolute atomic E-state index is 0.0604. The lowest BCUT2D eigenvalue weighted by atomic mass is 9.88. The maximum absolute atomic E-state index is 12.5. The fraction of sp³-hybridized carbons (Fsp3) is 0.333. The molecule has 0 saturated heterocycles. The number of hydrogen-bond donors (Lipinski definition) is 1. The molecular weight excluding hydrogens is 394 g/mol. The zero-order valence-electron chi connectivity index (χ0n) is 17.7. The highest BCUT2D eigenvalue weighted by molar-refractivity contribution is 5.94. The molecule has 0 radical (unpaired) electrons. The largest absolute Gasteiger partial charge is 0.452 e. The van der Waals surface area contributed by atoms with Crippen molar-refractivity contribution in [3.63, 3.8) is 0 Å². The highest BCUT2D eigenvalue weighted by Gasteiger charge is 2.22. The summed E-state index contributed by atoms with van der Waals surface area (Å²) >= 11 is 0. The van der Waals surface area contributed by atoms with Crippen LogP contribution in [0.25, 0.3) is 11.0 Å². The van der Waals surface area contributed by atoms with Crippen LogP contribution in [-0.4, -0.2) is 28.0 Å². The number of ether oxygens (including phenoxy) is 1. The Bertz CT molecular complexity index is 1220. The molecule has 0 saturated carbocycles. The van der Waals surface area contributed by atoms with Crippen LogP contribution >= 0.6 is 0 Å². The number of hydrogen-bond acceptors (Lipinski definition) is 5. The van der Waals surface area contributed by atoms with Gasteiger partial charge in [0.25, 0.3) is 11.5 Å². The van der Waals surface area contributed by atoms with Crippen molar-refractivity contribution in [1.82, 2.24) is 14.9 Å². The number of carbonyl (C=O) groups is 2. The average molecular weight is 419 g/mol. The molecule has 0 spiro atoms. The Kier molecular flexibility index (Phi) is 5.84. The van der Waals surface area contributed by atoms with Crippen molar-refractivity contribution in [1.29, 1.82) is 0 Å². The van der Waals surface area contributed by atoms with E-state index < -0.39 is 5.97 Å². The average Bonchev–Trinajstić information content (AvgIpc) is 2.78. The minimum atomic E-state index is -0.602. The SMILES string of the molecule is CCn1c(=O)c(C)nc2cc(C(=O)OCC(=O)N[C@H]3CCCc4ccccc43)ccc21. The van der Waals surface area contributed by atoms with Gasteiger partial charge in [-0.25, -0.2) is 9.78 Å². The molecule has 1 N–H and O–H groups in total. The molecule has 31 heavy (non-hydrogen) atoms. The van der Waals surface area contributed by atoms with Gasteiger partial charge < -0.3 is 14.6 Å². The number of nitrogens with one attached hydrogen (secondary N) is 1. The molecule has 7 heteroatoms. The maximum Gasteiger partial charge on any atom is 0.338 e. The summed E-state index contributed by atoms with van der Waals surface area (Å²) in [7, 11) is 0. The summed E-state index contributed by atoms with van der Waals surface area (Å²) < 4.78 is 6.84. The number of aromatic nitrogens is 2. The number of carbonyl (C=O) groups excluding carboxylic acids is 2. The van der Waals surface area contributed by atoms with Crippen LogP contribution < -0.4 is 10.9 Å². The quantitative estimate of drug-likeness (QED) is 0.642. The number of nitrogens with zero attached hydrogens (tertiary/aromatic N) is 2. The van der Waals surface area contributed by atoms with Crippen LogP contribution in [0.1, 0.15) is 53.0 Å². The minimum Gasteiger partial charge on any atom is -0.452 e. The summed E-state index contributed by atoms with van der Waals surface area (Å²) in [6.07, 6.45) is 2.89. The molecule has 7 nitrogen and oxygen atoms in total. The molecule has 0 unspecified atom stereocenters. The third-order valence-electron chi connectivity index (χ3n) is 5.70. The van der Waals surface area contributed by atoms with Gasteiger partial charge >= 0.3 is 5.97 Å². The molecule has 1 aliphatic carbocycles. The summed E-state index contributed by atoms with van der Waals surface area (Å²) in [6, 6.07) is 12.9. The summed E-state index contributed by atoms with van der Waals surface area (Å²) in [5.41, 5.74) is 4.08. The van der Waals surface area contributed by atoms with Crippen molar-refractivity contribution in [3.8, 4) is 0 Å². The molecule has 0 bridgehead atoms. The van der Waals surface area contributed by atoms with Gasteiger partial charge in [-0.2, -0.15) is 0 Å². The molecule has 1 aromatic heterocycles. The van der Waals surface area contributed by atoms with Crippen molar-refractivity contribution < 1.29 is 14.3 Å². The Labute approximate surface area is 180 Å². The first-order chi connectivity index (χ1) is 15.0. The van der Waals surface area contributed by atoms with Gasteiger partial charge in [-0.3, -0.25) is 9.59 Å². The van der Waals surface area contributed by atoms with E-state index in [2.05, 4.69) is 16.4 Å². The molecule has 1 heterocycles. The van der Waals surface area contributed by atoms with E-state index >= 15 is 0 Å². The van der Waals surface area contributed by atoms with Crippen molar-refractivity contribution in [3.05, 3.63) is 75.2 Å². The van der Waals surface area contributed by atoms with Gasteiger partial charge in [-0.1, -0.05) is 24.3 Å². The van der Waals surface area contributed by atoms with Crippen LogP contribution in [-0.2, 0) is 22.5 Å². The third-order valence-corrected chi connectivity index (χ3v) is 5.70. The smallest absolute Gasteiger partial charge is 0.338 e. The molecule has 0 aliphatic heterocycles. The number of rotatable bonds is 5. The van der Waals surface area contributed by atoms with Crippen LogP contribution in [0.15, 0.2) is 47.3 Å². The van der Waals surface area contributed by atoms with E-state index in [9.17, 15) is 14.4 Å². The van der Waals surface area contributed by atoms with Gasteiger partial charge in [-0.05, 0) is 62.4 Å². The molecule has 160 valence electrons. The van der Waals surface area contributed by atoms with Crippen LogP contribution in [0, 0.1) is 6.92 Å². The van der Waals surface area contributed by atoms with E-state index in [1.807, 2.05) is 25.1 Å². The zero-order valence-corrected chi connectivity index (χ0v) is 17.7. The number of amides is 1. The van der Waals surface area contributed by atoms with Crippen LogP contribution in [0.4, 0.5) is 0 Å². The Hall–Kier alpha value is -3.48. The lowest BCUT2D eigenvalue weighted by Gasteiger charge is -2.26. The van der Waals surface area contributed by atoms with Crippen molar-refractivity contribution in [2.24, 2.45) is 0 Å². The van der Waals surface area contributed by atoms with Gasteiger partial charge in [-0.15, -0.1) is 0 Å². The van der Waals surface area contributed by atoms with Crippen molar-refractivity contribution in [2.75, 3.05) is 6.61 Å². The fourth-order valence-electron chi connectivity index (χ4n) is 4.17. The molecule has 3 aromatic rings. The van der Waals surface area contributed by atoms with Gasteiger partial charge in [0, 0.05) is 6.54 Å². The first kappa shape index (κ1) is 20.8. The van der Waals surface area contributed by atoms with Crippen molar-refractivity contribution in [2.45, 2.75) is 45.7 Å². The molecule has 4 rings (SSSR count). The standard InChI is InChI=1S/C24H25N3O4/c1-3-27-21-12-11-17(13-20(21)25-15(2)23(27)29)24(30)31-14-22(28)26-19-10-6-8-16-7-4-5-9-18(16)19/h4-5,7,9,11-13,19H,3,6,8,10,14H2,1-2H3,(H,26,28)/t19-/m0/s1. The summed E-state index contributed by atoms with van der Waals surface area (Å²) in [5, 5.41) is 2.97. The Morgan fingerprint density at radius 2 is 2.03 bits per heavy atom. The van der Waals surface area contributed by atoms with Gasteiger partial charge in [0.05, 0.1) is 22.6 Å². The topological polar surface area (TPSA) is 90.3 Å². The van der Waals surface area contributed by atoms with E-state index in [0.717, 1.165) is 24.8 Å². The van der Waals surface area contributed by atoms with E-state index in [1.54, 1.807) is 29.7 Å². The Balaban J connectivity index is 1.43. The summed E-state index contributed by atoms with van der Waals surface area (Å²) in [5.74, 6) is -0.931. The van der Waals surface area contributed by atoms with Crippen molar-refractivity contribution >= 4 is 22.9 Å². The van der Waals surface area contributed by atoms with Gasteiger partial charge in [0.1, 0.15) is 5.69 Å². The van der Waals surface area contributed by atoms with Gasteiger partial charge in [0.2, 0.25) is 0 Å². The predicted octanol–water partition coefficient (Wildman–Crippen LogP) is 3.08. The molecule has 1 atom stereocenters. The number of fused-ring (bicyclic) bond motifs is 2. The van der Waals surface area contributed by atoms with Crippen LogP contribution in [0.5, 0.6) is 0 Å². The van der Waals surface area contributed by atoms with Gasteiger partial charge in [0.15, 0.2) is 6.61 Å². The second-order valence-electron chi connectivity index (χ2n) is 7.74. The van der Waals surface area contributed by atoms with E-state index in [0.29, 0.717) is 23.3 Å². The highest BCUT2D eigenvalue weighted by atomic mass is 16.5. The first-order valence-corrected chi connectivity index (χ1v) is 10.5. The fourth-order valence-corrected chi connectivity index (χ4v) is 4.17. The second-order valence-corrected chi connectivity index (χ2v) is 7.74. The summed E-state index contributed by atoms with van der Waals surface area (Å²) in [6.45, 7) is 3.68. The third kappa shape index (κ3) is 4.21. The molecule has 1 amide bonds. The normalized spacial score (nSPS) is 15.4. The lowest BCUT2D eigenvalue weighted by molar-refractivity contribution is -0.125. The number of benzene rings is 2. The highest BCUT2D eigenvalue weighted by Crippen LogP contribution is 2.29. The Morgan fingerprint density at radius 1 is 1.23 bits per heavy atom. The zero-order chi connectivity index (χ0) is 22.0. The van der Waals surface area contributed by atoms with Crippen LogP contribution in [0.2, 0.25) is 0 Å². The van der Waals surface area contributed by atoms with E-state index in [-0.39, 0.29) is 29.7 Å².